The summed E-state index contributed by atoms with van der Waals surface area (Å²) in [6.45, 7) is 6.14. The van der Waals surface area contributed by atoms with Crippen molar-refractivity contribution in [3.63, 3.8) is 0 Å². The molecule has 2 heterocycles. The molecule has 2 amide bonds. The zero-order chi connectivity index (χ0) is 17.6. The lowest BCUT2D eigenvalue weighted by Crippen LogP contribution is -2.46. The van der Waals surface area contributed by atoms with E-state index < -0.39 is 0 Å². The Kier molecular flexibility index (Phi) is 6.08. The molecule has 2 aliphatic rings. The third-order valence-electron chi connectivity index (χ3n) is 5.46. The number of piperidine rings is 2. The van der Waals surface area contributed by atoms with Crippen molar-refractivity contribution in [3.05, 3.63) is 30.3 Å². The van der Waals surface area contributed by atoms with E-state index in [0.29, 0.717) is 12.5 Å². The minimum Gasteiger partial charge on any atom is -0.342 e. The normalized spacial score (nSPS) is 20.4. The highest BCUT2D eigenvalue weighted by atomic mass is 16.2. The lowest BCUT2D eigenvalue weighted by Gasteiger charge is -2.36. The Hall–Kier alpha value is -1.88. The van der Waals surface area contributed by atoms with E-state index >= 15 is 0 Å². The number of nitrogens with zero attached hydrogens (tertiary/aromatic N) is 2. The molecule has 5 nitrogen and oxygen atoms in total. The average Bonchev–Trinajstić information content (AvgIpc) is 2.63. The van der Waals surface area contributed by atoms with Crippen LogP contribution >= 0.6 is 0 Å². The zero-order valence-electron chi connectivity index (χ0n) is 15.1. The number of likely N-dealkylation sites (tertiary alicyclic amines) is 2. The average molecular weight is 343 g/mol. The van der Waals surface area contributed by atoms with Gasteiger partial charge in [-0.25, -0.2) is 0 Å². The molecule has 0 aliphatic carbocycles. The first-order valence-electron chi connectivity index (χ1n) is 9.48. The van der Waals surface area contributed by atoms with E-state index in [1.807, 2.05) is 30.3 Å². The summed E-state index contributed by atoms with van der Waals surface area (Å²) >= 11 is 0. The van der Waals surface area contributed by atoms with Gasteiger partial charge in [0.1, 0.15) is 0 Å². The maximum Gasteiger partial charge on any atom is 0.238 e. The van der Waals surface area contributed by atoms with Crippen LogP contribution in [0, 0.1) is 11.8 Å². The van der Waals surface area contributed by atoms with Gasteiger partial charge in [0.05, 0.1) is 6.54 Å². The quantitative estimate of drug-likeness (QED) is 0.914. The molecule has 0 spiro atoms. The van der Waals surface area contributed by atoms with E-state index in [2.05, 4.69) is 22.0 Å². The summed E-state index contributed by atoms with van der Waals surface area (Å²) in [6.07, 6.45) is 3.99. The van der Waals surface area contributed by atoms with Gasteiger partial charge in [-0.1, -0.05) is 25.1 Å². The van der Waals surface area contributed by atoms with Crippen molar-refractivity contribution in [1.29, 1.82) is 0 Å². The highest BCUT2D eigenvalue weighted by molar-refractivity contribution is 5.92. The number of para-hydroxylation sites is 1. The Morgan fingerprint density at radius 3 is 2.28 bits per heavy atom. The lowest BCUT2D eigenvalue weighted by atomic mass is 9.92. The molecule has 0 unspecified atom stereocenters. The molecule has 0 bridgehead atoms. The van der Waals surface area contributed by atoms with Crippen LogP contribution in [0.25, 0.3) is 0 Å². The molecule has 2 aliphatic heterocycles. The summed E-state index contributed by atoms with van der Waals surface area (Å²) in [6, 6.07) is 9.53. The van der Waals surface area contributed by atoms with E-state index in [-0.39, 0.29) is 11.8 Å². The van der Waals surface area contributed by atoms with Crippen LogP contribution in [0.4, 0.5) is 5.69 Å². The number of rotatable bonds is 4. The monoisotopic (exact) mass is 343 g/mol. The molecule has 2 saturated heterocycles. The number of anilines is 1. The van der Waals surface area contributed by atoms with E-state index in [1.165, 1.54) is 0 Å². The molecular formula is C20H29N3O2. The third kappa shape index (κ3) is 5.05. The van der Waals surface area contributed by atoms with Crippen LogP contribution in [-0.2, 0) is 9.59 Å². The predicted octanol–water partition coefficient (Wildman–Crippen LogP) is 2.60. The Balaban J connectivity index is 1.41. The van der Waals surface area contributed by atoms with Gasteiger partial charge < -0.3 is 10.2 Å². The maximum absolute atomic E-state index is 12.7. The van der Waals surface area contributed by atoms with Crippen LogP contribution in [0.15, 0.2) is 30.3 Å². The largest absolute Gasteiger partial charge is 0.342 e. The fourth-order valence-corrected chi connectivity index (χ4v) is 3.75. The lowest BCUT2D eigenvalue weighted by molar-refractivity contribution is -0.138. The minimum absolute atomic E-state index is 0.0148. The molecule has 1 N–H and O–H groups in total. The Morgan fingerprint density at radius 1 is 1.00 bits per heavy atom. The molecule has 0 atom stereocenters. The first-order chi connectivity index (χ1) is 12.1. The van der Waals surface area contributed by atoms with Crippen molar-refractivity contribution >= 4 is 17.5 Å². The molecule has 0 saturated carbocycles. The zero-order valence-corrected chi connectivity index (χ0v) is 15.1. The van der Waals surface area contributed by atoms with Crippen molar-refractivity contribution in [3.8, 4) is 0 Å². The number of benzene rings is 1. The molecule has 5 heteroatoms. The van der Waals surface area contributed by atoms with Gasteiger partial charge in [0.2, 0.25) is 11.8 Å². The van der Waals surface area contributed by atoms with Crippen molar-refractivity contribution in [2.24, 2.45) is 11.8 Å². The van der Waals surface area contributed by atoms with Gasteiger partial charge in [-0.3, -0.25) is 14.5 Å². The van der Waals surface area contributed by atoms with E-state index in [9.17, 15) is 9.59 Å². The highest BCUT2D eigenvalue weighted by Crippen LogP contribution is 2.23. The summed E-state index contributed by atoms with van der Waals surface area (Å²) < 4.78 is 0. The smallest absolute Gasteiger partial charge is 0.238 e. The molecule has 1 aromatic rings. The molecule has 0 radical (unpaired) electrons. The minimum atomic E-state index is 0.0148. The topological polar surface area (TPSA) is 52.7 Å². The van der Waals surface area contributed by atoms with Crippen LogP contribution in [0.3, 0.4) is 0 Å². The van der Waals surface area contributed by atoms with Crippen LogP contribution < -0.4 is 5.32 Å². The summed E-state index contributed by atoms with van der Waals surface area (Å²) in [4.78, 5) is 29.0. The van der Waals surface area contributed by atoms with Gasteiger partial charge in [0.25, 0.3) is 0 Å². The summed E-state index contributed by atoms with van der Waals surface area (Å²) in [7, 11) is 0. The van der Waals surface area contributed by atoms with Gasteiger partial charge in [-0.15, -0.1) is 0 Å². The van der Waals surface area contributed by atoms with Gasteiger partial charge >= 0.3 is 0 Å². The van der Waals surface area contributed by atoms with E-state index in [4.69, 9.17) is 0 Å². The van der Waals surface area contributed by atoms with Crippen LogP contribution in [-0.4, -0.2) is 54.3 Å². The molecule has 136 valence electrons. The second-order valence-corrected chi connectivity index (χ2v) is 7.47. The molecule has 25 heavy (non-hydrogen) atoms. The number of nitrogens with one attached hydrogen (secondary N) is 1. The first-order valence-corrected chi connectivity index (χ1v) is 9.48. The fourth-order valence-electron chi connectivity index (χ4n) is 3.75. The summed E-state index contributed by atoms with van der Waals surface area (Å²) in [5.41, 5.74) is 0.830. The van der Waals surface area contributed by atoms with E-state index in [0.717, 1.165) is 63.5 Å². The second kappa shape index (κ2) is 8.48. The molecule has 0 aromatic heterocycles. The second-order valence-electron chi connectivity index (χ2n) is 7.47. The van der Waals surface area contributed by atoms with Crippen LogP contribution in [0.5, 0.6) is 0 Å². The molecule has 1 aromatic carbocycles. The predicted molar refractivity (Wildman–Crippen MR) is 99.2 cm³/mol. The third-order valence-corrected chi connectivity index (χ3v) is 5.46. The van der Waals surface area contributed by atoms with Gasteiger partial charge in [-0.05, 0) is 56.8 Å². The van der Waals surface area contributed by atoms with Crippen LogP contribution in [0.1, 0.15) is 32.6 Å². The molecule has 2 fully saturated rings. The summed E-state index contributed by atoms with van der Waals surface area (Å²) in [5, 5.41) is 2.92. The maximum atomic E-state index is 12.7. The van der Waals surface area contributed by atoms with E-state index in [1.54, 1.807) is 0 Å². The highest BCUT2D eigenvalue weighted by Gasteiger charge is 2.30. The van der Waals surface area contributed by atoms with Crippen molar-refractivity contribution in [2.45, 2.75) is 32.6 Å². The SMILES string of the molecule is CC1CCN(C(=O)C2CCN(CC(=O)Nc3ccccc3)CC2)CC1. The number of carbonyl (C=O) groups excluding carboxylic acids is 2. The number of amides is 2. The number of hydrogen-bond acceptors (Lipinski definition) is 3. The first kappa shape index (κ1) is 17.9. The summed E-state index contributed by atoms with van der Waals surface area (Å²) in [5.74, 6) is 1.23. The number of carbonyl (C=O) groups is 2. The van der Waals surface area contributed by atoms with Gasteiger partial charge in [0.15, 0.2) is 0 Å². The number of hydrogen-bond donors (Lipinski definition) is 1. The Morgan fingerprint density at radius 2 is 1.64 bits per heavy atom. The molecule has 3 rings (SSSR count). The van der Waals surface area contributed by atoms with Gasteiger partial charge in [0, 0.05) is 24.7 Å². The Labute approximate surface area is 150 Å². The standard InChI is InChI=1S/C20H29N3O2/c1-16-7-13-23(14-8-16)20(25)17-9-11-22(12-10-17)15-19(24)21-18-5-3-2-4-6-18/h2-6,16-17H,7-15H2,1H3,(H,21,24). The molecular weight excluding hydrogens is 314 g/mol. The van der Waals surface area contributed by atoms with Crippen molar-refractivity contribution < 1.29 is 9.59 Å². The Bertz CT molecular complexity index is 574. The van der Waals surface area contributed by atoms with Crippen molar-refractivity contribution in [1.82, 2.24) is 9.80 Å². The fraction of sp³-hybridized carbons (Fsp3) is 0.600. The van der Waals surface area contributed by atoms with Crippen LogP contribution in [0.2, 0.25) is 0 Å². The van der Waals surface area contributed by atoms with Gasteiger partial charge in [-0.2, -0.15) is 0 Å². The van der Waals surface area contributed by atoms with Crippen molar-refractivity contribution in [2.75, 3.05) is 38.0 Å².